The van der Waals surface area contributed by atoms with Crippen LogP contribution in [0.4, 0.5) is 0 Å². The maximum Gasteiger partial charge on any atom is 0.251 e. The van der Waals surface area contributed by atoms with E-state index >= 15 is 0 Å². The van der Waals surface area contributed by atoms with Crippen LogP contribution in [0.2, 0.25) is 0 Å². The lowest BCUT2D eigenvalue weighted by Gasteiger charge is -2.17. The molecule has 148 valence electrons. The van der Waals surface area contributed by atoms with Gasteiger partial charge in [-0.05, 0) is 37.3 Å². The molecule has 0 aliphatic rings. The largest absolute Gasteiger partial charge is 0.493 e. The molecule has 1 N–H and O–H groups in total. The summed E-state index contributed by atoms with van der Waals surface area (Å²) in [5.41, 5.74) is 2.40. The summed E-state index contributed by atoms with van der Waals surface area (Å²) in [5.74, 6) is 1.66. The molecule has 1 heterocycles. The Morgan fingerprint density at radius 2 is 1.86 bits per heavy atom. The zero-order valence-corrected chi connectivity index (χ0v) is 16.6. The third-order valence-corrected chi connectivity index (χ3v) is 4.58. The van der Waals surface area contributed by atoms with Crippen molar-refractivity contribution < 1.29 is 19.0 Å². The number of para-hydroxylation sites is 2. The minimum Gasteiger partial charge on any atom is -0.493 e. The molecule has 0 saturated heterocycles. The summed E-state index contributed by atoms with van der Waals surface area (Å²) in [7, 11) is 4.77. The second kappa shape index (κ2) is 8.75. The van der Waals surface area contributed by atoms with Crippen LogP contribution >= 0.6 is 0 Å². The number of methoxy groups -OCH3 is 3. The number of rotatable bonds is 8. The van der Waals surface area contributed by atoms with Crippen molar-refractivity contribution in [1.82, 2.24) is 14.9 Å². The molecule has 1 amide bonds. The summed E-state index contributed by atoms with van der Waals surface area (Å²) in [6.45, 7) is 3.13. The fraction of sp³-hybridized carbons (Fsp3) is 0.333. The van der Waals surface area contributed by atoms with Gasteiger partial charge in [0, 0.05) is 19.2 Å². The molecule has 1 atom stereocenters. The van der Waals surface area contributed by atoms with E-state index in [2.05, 4.69) is 9.88 Å². The Labute approximate surface area is 164 Å². The summed E-state index contributed by atoms with van der Waals surface area (Å²) >= 11 is 0. The summed E-state index contributed by atoms with van der Waals surface area (Å²) in [6, 6.07) is 12.7. The Morgan fingerprint density at radius 1 is 1.11 bits per heavy atom. The molecule has 3 aromatic rings. The molecule has 3 rings (SSSR count). The van der Waals surface area contributed by atoms with Crippen molar-refractivity contribution in [2.75, 3.05) is 27.9 Å². The van der Waals surface area contributed by atoms with Crippen molar-refractivity contribution in [3.05, 3.63) is 53.9 Å². The molecule has 0 fully saturated rings. The number of hydrogen-bond donors (Lipinski definition) is 1. The molecule has 7 nitrogen and oxygen atoms in total. The lowest BCUT2D eigenvalue weighted by molar-refractivity contribution is 0.0937. The second-order valence-corrected chi connectivity index (χ2v) is 6.37. The smallest absolute Gasteiger partial charge is 0.251 e. The maximum atomic E-state index is 12.8. The number of fused-ring (bicyclic) bond motifs is 1. The number of hydrogen-bond acceptors (Lipinski definition) is 5. The Kier molecular flexibility index (Phi) is 6.16. The Morgan fingerprint density at radius 3 is 2.57 bits per heavy atom. The SMILES string of the molecule is COCCn1c(C(C)NC(=O)c2ccc(OC)c(OC)c2)nc2ccccc21. The summed E-state index contributed by atoms with van der Waals surface area (Å²) in [6.07, 6.45) is 0. The van der Waals surface area contributed by atoms with Gasteiger partial charge in [-0.3, -0.25) is 4.79 Å². The van der Waals surface area contributed by atoms with Gasteiger partial charge in [0.1, 0.15) is 5.82 Å². The topological polar surface area (TPSA) is 74.6 Å². The molecule has 0 aliphatic carbocycles. The van der Waals surface area contributed by atoms with E-state index in [0.29, 0.717) is 30.2 Å². The molecule has 1 unspecified atom stereocenters. The van der Waals surface area contributed by atoms with Gasteiger partial charge in [-0.1, -0.05) is 12.1 Å². The number of carbonyl (C=O) groups is 1. The van der Waals surface area contributed by atoms with Crippen molar-refractivity contribution in [3.63, 3.8) is 0 Å². The van der Waals surface area contributed by atoms with Gasteiger partial charge in [0.15, 0.2) is 11.5 Å². The van der Waals surface area contributed by atoms with Crippen LogP contribution in [0.25, 0.3) is 11.0 Å². The number of nitrogens with one attached hydrogen (secondary N) is 1. The molecule has 7 heteroatoms. The number of imidazole rings is 1. The van der Waals surface area contributed by atoms with Gasteiger partial charge in [-0.25, -0.2) is 4.98 Å². The first kappa shape index (κ1) is 19.7. The van der Waals surface area contributed by atoms with E-state index in [9.17, 15) is 4.79 Å². The first-order chi connectivity index (χ1) is 13.6. The van der Waals surface area contributed by atoms with Gasteiger partial charge < -0.3 is 24.1 Å². The lowest BCUT2D eigenvalue weighted by Crippen LogP contribution is -2.29. The molecule has 28 heavy (non-hydrogen) atoms. The zero-order chi connectivity index (χ0) is 20.1. The van der Waals surface area contributed by atoms with Gasteiger partial charge >= 0.3 is 0 Å². The molecular weight excluding hydrogens is 358 g/mol. The van der Waals surface area contributed by atoms with Crippen molar-refractivity contribution >= 4 is 16.9 Å². The van der Waals surface area contributed by atoms with Gasteiger partial charge in [-0.15, -0.1) is 0 Å². The first-order valence-electron chi connectivity index (χ1n) is 9.06. The predicted molar refractivity (Wildman–Crippen MR) is 107 cm³/mol. The maximum absolute atomic E-state index is 12.8. The van der Waals surface area contributed by atoms with Crippen LogP contribution in [0.1, 0.15) is 29.1 Å². The number of ether oxygens (including phenoxy) is 3. The van der Waals surface area contributed by atoms with E-state index in [4.69, 9.17) is 19.2 Å². The van der Waals surface area contributed by atoms with E-state index in [-0.39, 0.29) is 11.9 Å². The van der Waals surface area contributed by atoms with Crippen molar-refractivity contribution in [3.8, 4) is 11.5 Å². The molecule has 0 saturated carbocycles. The third kappa shape index (κ3) is 3.94. The average Bonchev–Trinajstić information content (AvgIpc) is 3.10. The highest BCUT2D eigenvalue weighted by molar-refractivity contribution is 5.95. The Balaban J connectivity index is 1.86. The number of benzene rings is 2. The highest BCUT2D eigenvalue weighted by Gasteiger charge is 2.19. The minimum absolute atomic E-state index is 0.209. The average molecular weight is 383 g/mol. The van der Waals surface area contributed by atoms with Crippen LogP contribution in [0.15, 0.2) is 42.5 Å². The Bertz CT molecular complexity index is 967. The standard InChI is InChI=1S/C21H25N3O4/c1-14(22-21(25)15-9-10-18(27-3)19(13-15)28-4)20-23-16-7-5-6-8-17(16)24(20)11-12-26-2/h5-10,13-14H,11-12H2,1-4H3,(H,22,25). The van der Waals surface area contributed by atoms with Crippen LogP contribution in [0.3, 0.4) is 0 Å². The van der Waals surface area contributed by atoms with E-state index in [1.807, 2.05) is 31.2 Å². The summed E-state index contributed by atoms with van der Waals surface area (Å²) < 4.78 is 17.8. The summed E-state index contributed by atoms with van der Waals surface area (Å²) in [5, 5.41) is 3.02. The van der Waals surface area contributed by atoms with Crippen LogP contribution in [0.5, 0.6) is 11.5 Å². The quantitative estimate of drug-likeness (QED) is 0.647. The van der Waals surface area contributed by atoms with Crippen molar-refractivity contribution in [2.45, 2.75) is 19.5 Å². The molecule has 0 radical (unpaired) electrons. The highest BCUT2D eigenvalue weighted by atomic mass is 16.5. The van der Waals surface area contributed by atoms with Gasteiger partial charge in [-0.2, -0.15) is 0 Å². The first-order valence-corrected chi connectivity index (χ1v) is 9.06. The summed E-state index contributed by atoms with van der Waals surface area (Å²) in [4.78, 5) is 17.5. The van der Waals surface area contributed by atoms with E-state index < -0.39 is 0 Å². The van der Waals surface area contributed by atoms with E-state index in [1.165, 1.54) is 0 Å². The molecule has 0 bridgehead atoms. The van der Waals surface area contributed by atoms with E-state index in [1.54, 1.807) is 39.5 Å². The van der Waals surface area contributed by atoms with Crippen molar-refractivity contribution in [2.24, 2.45) is 0 Å². The second-order valence-electron chi connectivity index (χ2n) is 6.37. The zero-order valence-electron chi connectivity index (χ0n) is 16.6. The number of aromatic nitrogens is 2. The van der Waals surface area contributed by atoms with E-state index in [0.717, 1.165) is 16.9 Å². The van der Waals surface area contributed by atoms with Crippen LogP contribution < -0.4 is 14.8 Å². The third-order valence-electron chi connectivity index (χ3n) is 4.58. The van der Waals surface area contributed by atoms with Gasteiger partial charge in [0.25, 0.3) is 5.91 Å². The molecule has 0 aliphatic heterocycles. The highest BCUT2D eigenvalue weighted by Crippen LogP contribution is 2.28. The lowest BCUT2D eigenvalue weighted by atomic mass is 10.1. The fourth-order valence-corrected chi connectivity index (χ4v) is 3.16. The normalized spacial score (nSPS) is 12.0. The van der Waals surface area contributed by atoms with Crippen LogP contribution in [0, 0.1) is 0 Å². The molecule has 1 aromatic heterocycles. The number of carbonyl (C=O) groups excluding carboxylic acids is 1. The Hall–Kier alpha value is -3.06. The number of amides is 1. The molecule has 0 spiro atoms. The van der Waals surface area contributed by atoms with Crippen LogP contribution in [-0.2, 0) is 11.3 Å². The van der Waals surface area contributed by atoms with Crippen LogP contribution in [-0.4, -0.2) is 43.4 Å². The minimum atomic E-state index is -0.287. The molecular formula is C21H25N3O4. The fourth-order valence-electron chi connectivity index (χ4n) is 3.16. The van der Waals surface area contributed by atoms with Gasteiger partial charge in [0.05, 0.1) is 37.9 Å². The monoisotopic (exact) mass is 383 g/mol. The molecule has 2 aromatic carbocycles. The number of nitrogens with zero attached hydrogens (tertiary/aromatic N) is 2. The van der Waals surface area contributed by atoms with Gasteiger partial charge in [0.2, 0.25) is 0 Å². The van der Waals surface area contributed by atoms with Crippen molar-refractivity contribution in [1.29, 1.82) is 0 Å². The predicted octanol–water partition coefficient (Wildman–Crippen LogP) is 3.19.